The minimum absolute atomic E-state index is 0.102. The number of rotatable bonds is 5. The molecule has 0 amide bonds. The summed E-state index contributed by atoms with van der Waals surface area (Å²) in [7, 11) is 0. The normalized spacial score (nSPS) is 11.1. The van der Waals surface area contributed by atoms with Crippen molar-refractivity contribution in [3.63, 3.8) is 0 Å². The van der Waals surface area contributed by atoms with E-state index < -0.39 is 5.97 Å². The predicted octanol–water partition coefficient (Wildman–Crippen LogP) is 4.56. The summed E-state index contributed by atoms with van der Waals surface area (Å²) in [6.45, 7) is 1.95. The predicted molar refractivity (Wildman–Crippen MR) is 95.2 cm³/mol. The van der Waals surface area contributed by atoms with Crippen LogP contribution >= 0.6 is 23.2 Å². The van der Waals surface area contributed by atoms with E-state index in [2.05, 4.69) is 4.98 Å². The number of nitrogens with zero attached hydrogens (tertiary/aromatic N) is 2. The second-order valence-corrected chi connectivity index (χ2v) is 6.49. The lowest BCUT2D eigenvalue weighted by Gasteiger charge is -2.07. The summed E-state index contributed by atoms with van der Waals surface area (Å²) in [6.07, 6.45) is 3.04. The van der Waals surface area contributed by atoms with Gasteiger partial charge in [-0.3, -0.25) is 4.79 Å². The van der Waals surface area contributed by atoms with Gasteiger partial charge in [-0.15, -0.1) is 0 Å². The van der Waals surface area contributed by atoms with Crippen molar-refractivity contribution in [1.29, 1.82) is 0 Å². The van der Waals surface area contributed by atoms with E-state index in [1.54, 1.807) is 0 Å². The van der Waals surface area contributed by atoms with Gasteiger partial charge in [-0.05, 0) is 42.7 Å². The number of halogens is 2. The molecule has 6 heteroatoms. The molecule has 0 atom stereocenters. The number of aliphatic carboxylic acids is 1. The van der Waals surface area contributed by atoms with Gasteiger partial charge in [0.15, 0.2) is 0 Å². The Balaban J connectivity index is 2.01. The van der Waals surface area contributed by atoms with Crippen LogP contribution in [0.3, 0.4) is 0 Å². The molecule has 1 aromatic carbocycles. The number of imidazole rings is 1. The first kappa shape index (κ1) is 16.8. The fraction of sp³-hybridized carbons (Fsp3) is 0.222. The highest BCUT2D eigenvalue weighted by Crippen LogP contribution is 2.27. The lowest BCUT2D eigenvalue weighted by atomic mass is 10.1. The summed E-state index contributed by atoms with van der Waals surface area (Å²) >= 11 is 12.5. The fourth-order valence-electron chi connectivity index (χ4n) is 2.74. The summed E-state index contributed by atoms with van der Waals surface area (Å²) in [5, 5.41) is 10.1. The van der Waals surface area contributed by atoms with E-state index >= 15 is 0 Å². The molecule has 1 N–H and O–H groups in total. The maximum absolute atomic E-state index is 10.8. The third kappa shape index (κ3) is 3.40. The first-order valence-corrected chi connectivity index (χ1v) is 8.32. The molecule has 0 aliphatic heterocycles. The van der Waals surface area contributed by atoms with Gasteiger partial charge in [-0.2, -0.15) is 0 Å². The van der Waals surface area contributed by atoms with Crippen molar-refractivity contribution in [2.45, 2.75) is 26.2 Å². The summed E-state index contributed by atoms with van der Waals surface area (Å²) in [5.41, 5.74) is 3.70. The molecule has 0 aliphatic rings. The van der Waals surface area contributed by atoms with E-state index in [1.165, 1.54) is 0 Å². The number of hydrogen-bond donors (Lipinski definition) is 1. The van der Waals surface area contributed by atoms with Crippen molar-refractivity contribution in [2.75, 3.05) is 0 Å². The van der Waals surface area contributed by atoms with Crippen LogP contribution in [0.4, 0.5) is 0 Å². The molecule has 0 saturated carbocycles. The van der Waals surface area contributed by atoms with Crippen molar-refractivity contribution >= 4 is 34.7 Å². The van der Waals surface area contributed by atoms with Crippen molar-refractivity contribution in [3.05, 3.63) is 69.2 Å². The molecule has 3 rings (SSSR count). The smallest absolute Gasteiger partial charge is 0.303 e. The number of benzene rings is 1. The van der Waals surface area contributed by atoms with Crippen LogP contribution in [-0.2, 0) is 17.6 Å². The maximum Gasteiger partial charge on any atom is 0.303 e. The van der Waals surface area contributed by atoms with E-state index in [4.69, 9.17) is 28.3 Å². The summed E-state index contributed by atoms with van der Waals surface area (Å²) < 4.78 is 1.99. The van der Waals surface area contributed by atoms with Gasteiger partial charge < -0.3 is 9.51 Å². The van der Waals surface area contributed by atoms with Gasteiger partial charge in [0.2, 0.25) is 0 Å². The first-order valence-electron chi connectivity index (χ1n) is 7.57. The standard InChI is InChI=1S/C18H16Cl2N2O2/c1-11-16-7-5-12(6-8-18(23)24)10-22(16)17(21-11)9-13-14(19)3-2-4-15(13)20/h2-5,7,10H,6,8-9H2,1H3,(H,23,24). The Bertz CT molecular complexity index is 899. The van der Waals surface area contributed by atoms with Crippen LogP contribution in [0.2, 0.25) is 10.0 Å². The third-order valence-corrected chi connectivity index (χ3v) is 4.69. The lowest BCUT2D eigenvalue weighted by Crippen LogP contribution is -2.01. The second-order valence-electron chi connectivity index (χ2n) is 5.68. The Morgan fingerprint density at radius 2 is 1.92 bits per heavy atom. The maximum atomic E-state index is 10.8. The average molecular weight is 363 g/mol. The Hall–Kier alpha value is -2.04. The topological polar surface area (TPSA) is 54.6 Å². The Labute approximate surface area is 149 Å². The van der Waals surface area contributed by atoms with Crippen molar-refractivity contribution in [1.82, 2.24) is 9.38 Å². The zero-order valence-electron chi connectivity index (χ0n) is 13.1. The molecule has 2 aromatic heterocycles. The number of aromatic nitrogens is 2. The zero-order valence-corrected chi connectivity index (χ0v) is 14.6. The largest absolute Gasteiger partial charge is 0.481 e. The Kier molecular flexibility index (Phi) is 4.78. The number of fused-ring (bicyclic) bond motifs is 1. The van der Waals surface area contributed by atoms with Crippen LogP contribution in [0.25, 0.3) is 5.52 Å². The third-order valence-electron chi connectivity index (χ3n) is 3.98. The minimum Gasteiger partial charge on any atom is -0.481 e. The zero-order chi connectivity index (χ0) is 17.3. The summed E-state index contributed by atoms with van der Waals surface area (Å²) in [6, 6.07) is 9.34. The van der Waals surface area contributed by atoms with Crippen molar-refractivity contribution in [3.8, 4) is 0 Å². The molecule has 0 fully saturated rings. The van der Waals surface area contributed by atoms with Gasteiger partial charge in [-0.25, -0.2) is 4.98 Å². The molecule has 0 unspecified atom stereocenters. The van der Waals surface area contributed by atoms with Crippen LogP contribution in [0.5, 0.6) is 0 Å². The van der Waals surface area contributed by atoms with Gasteiger partial charge in [-0.1, -0.05) is 35.3 Å². The second kappa shape index (κ2) is 6.83. The van der Waals surface area contributed by atoms with Gasteiger partial charge >= 0.3 is 5.97 Å². The van der Waals surface area contributed by atoms with Gasteiger partial charge in [0.05, 0.1) is 11.2 Å². The highest BCUT2D eigenvalue weighted by Gasteiger charge is 2.13. The van der Waals surface area contributed by atoms with E-state index in [-0.39, 0.29) is 6.42 Å². The number of aryl methyl sites for hydroxylation is 2. The molecule has 24 heavy (non-hydrogen) atoms. The van der Waals surface area contributed by atoms with Crippen LogP contribution in [0.15, 0.2) is 36.5 Å². The molecule has 2 heterocycles. The molecule has 0 saturated heterocycles. The molecule has 0 spiro atoms. The molecular formula is C18H16Cl2N2O2. The lowest BCUT2D eigenvalue weighted by molar-refractivity contribution is -0.136. The molecule has 3 aromatic rings. The average Bonchev–Trinajstić information content (AvgIpc) is 2.85. The Morgan fingerprint density at radius 3 is 2.58 bits per heavy atom. The number of pyridine rings is 1. The molecule has 0 aliphatic carbocycles. The number of hydrogen-bond acceptors (Lipinski definition) is 2. The number of carboxylic acid groups (broad SMARTS) is 1. The van der Waals surface area contributed by atoms with Gasteiger partial charge in [0.1, 0.15) is 5.82 Å². The highest BCUT2D eigenvalue weighted by atomic mass is 35.5. The van der Waals surface area contributed by atoms with Crippen LogP contribution in [0.1, 0.15) is 29.1 Å². The van der Waals surface area contributed by atoms with Crippen LogP contribution in [0, 0.1) is 6.92 Å². The highest BCUT2D eigenvalue weighted by molar-refractivity contribution is 6.36. The minimum atomic E-state index is -0.806. The fourth-order valence-corrected chi connectivity index (χ4v) is 3.27. The molecule has 0 radical (unpaired) electrons. The molecule has 4 nitrogen and oxygen atoms in total. The van der Waals surface area contributed by atoms with Crippen molar-refractivity contribution < 1.29 is 9.90 Å². The van der Waals surface area contributed by atoms with E-state index in [0.29, 0.717) is 22.9 Å². The number of carboxylic acids is 1. The van der Waals surface area contributed by atoms with Gasteiger partial charge in [0, 0.05) is 29.1 Å². The first-order chi connectivity index (χ1) is 11.5. The van der Waals surface area contributed by atoms with Crippen LogP contribution in [-0.4, -0.2) is 20.5 Å². The van der Waals surface area contributed by atoms with E-state index in [9.17, 15) is 4.79 Å². The van der Waals surface area contributed by atoms with E-state index in [1.807, 2.05) is 47.9 Å². The Morgan fingerprint density at radius 1 is 1.21 bits per heavy atom. The van der Waals surface area contributed by atoms with Crippen molar-refractivity contribution in [2.24, 2.45) is 0 Å². The number of carbonyl (C=O) groups is 1. The quantitative estimate of drug-likeness (QED) is 0.723. The van der Waals surface area contributed by atoms with Crippen LogP contribution < -0.4 is 0 Å². The molecule has 0 bridgehead atoms. The molecule has 124 valence electrons. The summed E-state index contributed by atoms with van der Waals surface area (Å²) in [4.78, 5) is 15.4. The molecular weight excluding hydrogens is 347 g/mol. The SMILES string of the molecule is Cc1nc(Cc2c(Cl)cccc2Cl)n2cc(CCC(=O)O)ccc12. The monoisotopic (exact) mass is 362 g/mol. The van der Waals surface area contributed by atoms with E-state index in [0.717, 1.165) is 28.2 Å². The summed E-state index contributed by atoms with van der Waals surface area (Å²) in [5.74, 6) is 0.0228. The van der Waals surface area contributed by atoms with Gasteiger partial charge in [0.25, 0.3) is 0 Å².